The Morgan fingerprint density at radius 3 is 2.56 bits per heavy atom. The van der Waals surface area contributed by atoms with Crippen LogP contribution in [0.15, 0.2) is 42.0 Å². The van der Waals surface area contributed by atoms with E-state index in [9.17, 15) is 20.1 Å². The van der Waals surface area contributed by atoms with Crippen molar-refractivity contribution < 1.29 is 24.9 Å². The number of hydrogen-bond acceptors (Lipinski definition) is 5. The van der Waals surface area contributed by atoms with Crippen molar-refractivity contribution in [3.05, 3.63) is 58.7 Å². The van der Waals surface area contributed by atoms with Crippen LogP contribution in [0.3, 0.4) is 0 Å². The van der Waals surface area contributed by atoms with Crippen molar-refractivity contribution in [1.29, 1.82) is 0 Å². The Morgan fingerprint density at radius 2 is 1.88 bits per heavy atom. The number of ketones is 1. The van der Waals surface area contributed by atoms with Crippen molar-refractivity contribution in [2.75, 3.05) is 0 Å². The zero-order valence-electron chi connectivity index (χ0n) is 14.1. The largest absolute Gasteiger partial charge is 0.508 e. The van der Waals surface area contributed by atoms with Gasteiger partial charge in [-0.2, -0.15) is 0 Å². The van der Waals surface area contributed by atoms with Crippen LogP contribution in [0.4, 0.5) is 0 Å². The zero-order chi connectivity index (χ0) is 18.1. The number of phenols is 3. The summed E-state index contributed by atoms with van der Waals surface area (Å²) < 4.78 is 5.96. The number of phenolic OH excluding ortho intramolecular Hbond substituents is 3. The van der Waals surface area contributed by atoms with Gasteiger partial charge in [0, 0.05) is 17.2 Å². The van der Waals surface area contributed by atoms with Crippen LogP contribution in [-0.2, 0) is 6.42 Å². The molecule has 0 aliphatic carbocycles. The quantitative estimate of drug-likeness (QED) is 0.735. The summed E-state index contributed by atoms with van der Waals surface area (Å²) in [7, 11) is 0. The highest BCUT2D eigenvalue weighted by Crippen LogP contribution is 2.46. The second-order valence-corrected chi connectivity index (χ2v) is 6.38. The highest BCUT2D eigenvalue weighted by molar-refractivity contribution is 6.03. The van der Waals surface area contributed by atoms with Crippen molar-refractivity contribution in [2.24, 2.45) is 0 Å². The molecule has 0 saturated heterocycles. The van der Waals surface area contributed by atoms with E-state index in [4.69, 9.17) is 4.74 Å². The van der Waals surface area contributed by atoms with Crippen LogP contribution >= 0.6 is 0 Å². The molecule has 1 aliphatic rings. The molecule has 25 heavy (non-hydrogen) atoms. The minimum Gasteiger partial charge on any atom is -0.508 e. The maximum atomic E-state index is 12.6. The van der Waals surface area contributed by atoms with Crippen molar-refractivity contribution in [2.45, 2.75) is 32.8 Å². The average Bonchev–Trinajstić information content (AvgIpc) is 2.53. The number of benzene rings is 2. The van der Waals surface area contributed by atoms with E-state index in [0.717, 1.165) is 5.57 Å². The van der Waals surface area contributed by atoms with Gasteiger partial charge in [0.05, 0.1) is 6.42 Å². The summed E-state index contributed by atoms with van der Waals surface area (Å²) in [4.78, 5) is 12.6. The summed E-state index contributed by atoms with van der Waals surface area (Å²) in [6, 6.07) is 7.84. The lowest BCUT2D eigenvalue weighted by molar-refractivity contribution is 0.0840. The van der Waals surface area contributed by atoms with Gasteiger partial charge < -0.3 is 20.1 Å². The molecule has 3 rings (SSSR count). The van der Waals surface area contributed by atoms with Gasteiger partial charge in [-0.15, -0.1) is 0 Å². The zero-order valence-corrected chi connectivity index (χ0v) is 14.1. The van der Waals surface area contributed by atoms with Crippen LogP contribution in [0.25, 0.3) is 0 Å². The number of fused-ring (bicyclic) bond motifs is 1. The summed E-state index contributed by atoms with van der Waals surface area (Å²) >= 11 is 0. The SMILES string of the molecule is CC(C)=CCc1c(O)cc(O)c2c1OC(c1ccccc1O)CC2=O. The van der Waals surface area contributed by atoms with E-state index < -0.39 is 6.10 Å². The van der Waals surface area contributed by atoms with Crippen molar-refractivity contribution >= 4 is 5.78 Å². The summed E-state index contributed by atoms with van der Waals surface area (Å²) in [5.74, 6) is -0.488. The van der Waals surface area contributed by atoms with Crippen molar-refractivity contribution in [1.82, 2.24) is 0 Å². The van der Waals surface area contributed by atoms with Crippen LogP contribution in [0, 0.1) is 0 Å². The number of rotatable bonds is 3. The summed E-state index contributed by atoms with van der Waals surface area (Å²) in [5.41, 5.74) is 2.09. The number of para-hydroxylation sites is 1. The van der Waals surface area contributed by atoms with Crippen LogP contribution in [-0.4, -0.2) is 21.1 Å². The first-order valence-electron chi connectivity index (χ1n) is 8.07. The Balaban J connectivity index is 2.11. The molecule has 130 valence electrons. The molecule has 0 spiro atoms. The van der Waals surface area contributed by atoms with Gasteiger partial charge in [0.1, 0.15) is 34.7 Å². The highest BCUT2D eigenvalue weighted by atomic mass is 16.5. The molecule has 1 unspecified atom stereocenters. The molecule has 0 saturated carbocycles. The molecule has 0 radical (unpaired) electrons. The smallest absolute Gasteiger partial charge is 0.174 e. The highest BCUT2D eigenvalue weighted by Gasteiger charge is 2.34. The number of Topliss-reactive ketones (excluding diaryl/α,β-unsaturated/α-hetero) is 1. The normalized spacial score (nSPS) is 16.1. The van der Waals surface area contributed by atoms with E-state index in [1.807, 2.05) is 19.9 Å². The Kier molecular flexibility index (Phi) is 4.40. The molecule has 1 heterocycles. The fourth-order valence-corrected chi connectivity index (χ4v) is 2.96. The predicted molar refractivity (Wildman–Crippen MR) is 93.3 cm³/mol. The van der Waals surface area contributed by atoms with E-state index in [2.05, 4.69) is 0 Å². The molecule has 0 fully saturated rings. The maximum absolute atomic E-state index is 12.6. The van der Waals surface area contributed by atoms with Gasteiger partial charge in [-0.05, 0) is 26.3 Å². The van der Waals surface area contributed by atoms with Crippen LogP contribution in [0.5, 0.6) is 23.0 Å². The first kappa shape index (κ1) is 16.9. The Hall–Kier alpha value is -2.95. The molecule has 5 nitrogen and oxygen atoms in total. The van der Waals surface area contributed by atoms with E-state index in [1.54, 1.807) is 18.2 Å². The standard InChI is InChI=1S/C20H20O5/c1-11(2)7-8-13-15(22)9-16(23)19-17(24)10-18(25-20(13)19)12-5-3-4-6-14(12)21/h3-7,9,18,21-23H,8,10H2,1-2H3. The number of allylic oxidation sites excluding steroid dienone is 2. The van der Waals surface area contributed by atoms with Crippen molar-refractivity contribution in [3.63, 3.8) is 0 Å². The van der Waals surface area contributed by atoms with Crippen LogP contribution in [0.1, 0.15) is 47.9 Å². The van der Waals surface area contributed by atoms with E-state index in [1.165, 1.54) is 12.1 Å². The van der Waals surface area contributed by atoms with E-state index in [0.29, 0.717) is 17.5 Å². The van der Waals surface area contributed by atoms with Crippen LogP contribution < -0.4 is 4.74 Å². The van der Waals surface area contributed by atoms with Gasteiger partial charge in [0.15, 0.2) is 5.78 Å². The minimum atomic E-state index is -0.673. The monoisotopic (exact) mass is 340 g/mol. The van der Waals surface area contributed by atoms with Gasteiger partial charge in [-0.1, -0.05) is 29.8 Å². The molecule has 5 heteroatoms. The molecule has 1 aliphatic heterocycles. The molecular formula is C20H20O5. The Morgan fingerprint density at radius 1 is 1.16 bits per heavy atom. The van der Waals surface area contributed by atoms with Gasteiger partial charge in [0.2, 0.25) is 0 Å². The number of carbonyl (C=O) groups is 1. The predicted octanol–water partition coefficient (Wildman–Crippen LogP) is 4.02. The Labute approximate surface area is 145 Å². The number of hydrogen-bond donors (Lipinski definition) is 3. The topological polar surface area (TPSA) is 87.0 Å². The molecule has 2 aromatic rings. The number of carbonyl (C=O) groups excluding carboxylic acids is 1. The third-order valence-electron chi connectivity index (χ3n) is 4.25. The van der Waals surface area contributed by atoms with Crippen LogP contribution in [0.2, 0.25) is 0 Å². The van der Waals surface area contributed by atoms with Gasteiger partial charge in [-0.25, -0.2) is 0 Å². The second-order valence-electron chi connectivity index (χ2n) is 6.38. The number of aromatic hydroxyl groups is 3. The van der Waals surface area contributed by atoms with Gasteiger partial charge in [0.25, 0.3) is 0 Å². The van der Waals surface area contributed by atoms with Gasteiger partial charge in [-0.3, -0.25) is 4.79 Å². The fraction of sp³-hybridized carbons (Fsp3) is 0.250. The lowest BCUT2D eigenvalue weighted by atomic mass is 9.92. The molecular weight excluding hydrogens is 320 g/mol. The molecule has 3 N–H and O–H groups in total. The molecule has 1 atom stereocenters. The minimum absolute atomic E-state index is 0.00495. The Bertz CT molecular complexity index is 863. The van der Waals surface area contributed by atoms with E-state index in [-0.39, 0.29) is 40.8 Å². The fourth-order valence-electron chi connectivity index (χ4n) is 2.96. The third-order valence-corrected chi connectivity index (χ3v) is 4.25. The van der Waals surface area contributed by atoms with Gasteiger partial charge >= 0.3 is 0 Å². The summed E-state index contributed by atoms with van der Waals surface area (Å²) in [6.07, 6.45) is 1.61. The lowest BCUT2D eigenvalue weighted by Gasteiger charge is -2.28. The first-order valence-corrected chi connectivity index (χ1v) is 8.07. The van der Waals surface area contributed by atoms with Crippen molar-refractivity contribution in [3.8, 4) is 23.0 Å². The van der Waals surface area contributed by atoms with E-state index >= 15 is 0 Å². The summed E-state index contributed by atoms with van der Waals surface area (Å²) in [6.45, 7) is 3.86. The third kappa shape index (κ3) is 3.18. The average molecular weight is 340 g/mol. The molecule has 0 aromatic heterocycles. The molecule has 0 amide bonds. The second kappa shape index (κ2) is 6.51. The number of ether oxygens (including phenoxy) is 1. The first-order chi connectivity index (χ1) is 11.9. The maximum Gasteiger partial charge on any atom is 0.174 e. The molecule has 2 aromatic carbocycles. The molecule has 0 bridgehead atoms. The lowest BCUT2D eigenvalue weighted by Crippen LogP contribution is -2.21. The summed E-state index contributed by atoms with van der Waals surface area (Å²) in [5, 5.41) is 30.4.